The second-order valence-corrected chi connectivity index (χ2v) is 9.72. The first kappa shape index (κ1) is 28.1. The van der Waals surface area contributed by atoms with Gasteiger partial charge < -0.3 is 6.92 Å². The Morgan fingerprint density at radius 1 is 0.611 bits per heavy atom. The molecule has 0 heterocycles. The number of hydrogen-bond donors (Lipinski definition) is 0. The van der Waals surface area contributed by atoms with E-state index >= 15 is 0 Å². The topological polar surface area (TPSA) is 0 Å². The number of hydrogen-bond acceptors (Lipinski definition) is 0. The fraction of sp³-hybridized carbons (Fsp3) is 0.929. The first-order valence-corrected chi connectivity index (χ1v) is 13.6. The predicted molar refractivity (Wildman–Crippen MR) is 94.0 cm³/mol. The van der Waals surface area contributed by atoms with Crippen LogP contribution < -0.4 is 0 Å². The summed E-state index contributed by atoms with van der Waals surface area (Å²) in [6.07, 6.45) is 8.51. The van der Waals surface area contributed by atoms with E-state index in [1.54, 1.807) is 25.7 Å². The molecule has 0 amide bonds. The summed E-state index contributed by atoms with van der Waals surface area (Å²) < 4.78 is 0. The van der Waals surface area contributed by atoms with Gasteiger partial charge in [0.15, 0.2) is 0 Å². The van der Waals surface area contributed by atoms with Gasteiger partial charge in [0.05, 0.1) is 0 Å². The van der Waals surface area contributed by atoms with Crippen LogP contribution >= 0.6 is 25.3 Å². The Morgan fingerprint density at radius 3 is 0.722 bits per heavy atom. The molecular formula is C14H35ClP2Pt. The van der Waals surface area contributed by atoms with Crippen molar-refractivity contribution in [2.45, 2.75) is 48.5 Å². The minimum absolute atomic E-state index is 0.446. The van der Waals surface area contributed by atoms with Gasteiger partial charge in [0.2, 0.25) is 0 Å². The molecule has 0 aliphatic carbocycles. The van der Waals surface area contributed by atoms with Gasteiger partial charge in [-0.3, -0.25) is 0 Å². The van der Waals surface area contributed by atoms with Crippen LogP contribution in [0, 0.1) is 6.92 Å². The van der Waals surface area contributed by atoms with Crippen molar-refractivity contribution < 1.29 is 18.8 Å². The van der Waals surface area contributed by atoms with Crippen LogP contribution in [-0.2, 0) is 18.8 Å². The molecular weight excluding hydrogens is 461 g/mol. The Morgan fingerprint density at radius 2 is 0.722 bits per heavy atom. The summed E-state index contributed by atoms with van der Waals surface area (Å²) >= 11 is 1.61. The second kappa shape index (κ2) is 31.3. The van der Waals surface area contributed by atoms with E-state index < -0.39 is 0 Å². The number of halogens is 1. The molecule has 0 saturated heterocycles. The second-order valence-electron chi connectivity index (χ2n) is 3.24. The predicted octanol–water partition coefficient (Wildman–Crippen LogP) is 6.58. The molecule has 0 nitrogen and oxygen atoms in total. The van der Waals surface area contributed by atoms with Gasteiger partial charge in [0.25, 0.3) is 0 Å². The molecule has 0 spiro atoms. The van der Waals surface area contributed by atoms with Crippen LogP contribution in [0.4, 0.5) is 0 Å². The molecule has 0 radical (unpaired) electrons. The third-order valence-corrected chi connectivity index (χ3v) is 8.05. The first-order valence-electron chi connectivity index (χ1n) is 6.97. The van der Waals surface area contributed by atoms with Crippen LogP contribution in [0.25, 0.3) is 0 Å². The van der Waals surface area contributed by atoms with Gasteiger partial charge in [-0.25, -0.2) is 0 Å². The molecule has 18 heavy (non-hydrogen) atoms. The van der Waals surface area contributed by atoms with Gasteiger partial charge in [-0.1, -0.05) is 41.5 Å². The van der Waals surface area contributed by atoms with E-state index in [4.69, 9.17) is 0 Å². The van der Waals surface area contributed by atoms with Crippen molar-refractivity contribution in [3.05, 3.63) is 6.92 Å². The Balaban J connectivity index is -0.0000000851. The molecule has 0 rings (SSSR count). The van der Waals surface area contributed by atoms with Crippen molar-refractivity contribution in [1.29, 1.82) is 0 Å². The van der Waals surface area contributed by atoms with Crippen molar-refractivity contribution in [2.24, 2.45) is 0 Å². The standard InChI is InChI=1S/2C6H15P.C2H5.ClH.Pt/c2*1-4-7(5-2)6-3;1-2;;/h2*4-6H2,1-3H3;1H2,2H3;1H;/q;;-1;;+2/p-1. The van der Waals surface area contributed by atoms with E-state index in [2.05, 4.69) is 57.9 Å². The molecule has 0 aliphatic rings. The third-order valence-electron chi connectivity index (χ3n) is 2.68. The van der Waals surface area contributed by atoms with Crippen LogP contribution in [0.3, 0.4) is 0 Å². The van der Waals surface area contributed by atoms with Crippen LogP contribution in [0.1, 0.15) is 48.5 Å². The maximum atomic E-state index is 4.61. The van der Waals surface area contributed by atoms with Gasteiger partial charge in [-0.15, -0.1) is 15.8 Å². The zero-order valence-electron chi connectivity index (χ0n) is 13.5. The summed E-state index contributed by atoms with van der Waals surface area (Å²) in [7, 11) is 5.50. The van der Waals surface area contributed by atoms with Crippen molar-refractivity contribution in [1.82, 2.24) is 0 Å². The van der Waals surface area contributed by atoms with E-state index in [9.17, 15) is 0 Å². The van der Waals surface area contributed by atoms with Crippen molar-refractivity contribution in [3.8, 4) is 0 Å². The van der Waals surface area contributed by atoms with E-state index in [-0.39, 0.29) is 0 Å². The van der Waals surface area contributed by atoms with Crippen LogP contribution in [-0.4, -0.2) is 37.0 Å². The summed E-state index contributed by atoms with van der Waals surface area (Å²) in [6, 6.07) is 0. The van der Waals surface area contributed by atoms with Gasteiger partial charge >= 0.3 is 28.2 Å². The van der Waals surface area contributed by atoms with E-state index in [0.717, 1.165) is 0 Å². The molecule has 0 saturated carbocycles. The van der Waals surface area contributed by atoms with Crippen molar-refractivity contribution in [2.75, 3.05) is 37.0 Å². The molecule has 0 unspecified atom stereocenters. The van der Waals surface area contributed by atoms with Crippen LogP contribution in [0.5, 0.6) is 0 Å². The summed E-state index contributed by atoms with van der Waals surface area (Å²) in [6.45, 7) is 18.7. The van der Waals surface area contributed by atoms with Gasteiger partial charge in [-0.2, -0.15) is 6.92 Å². The molecule has 0 aliphatic heterocycles. The van der Waals surface area contributed by atoms with Crippen LogP contribution in [0.2, 0.25) is 0 Å². The van der Waals surface area contributed by atoms with Crippen molar-refractivity contribution in [3.63, 3.8) is 0 Å². The monoisotopic (exact) mass is 495 g/mol. The zero-order chi connectivity index (χ0) is 15.4. The van der Waals surface area contributed by atoms with E-state index in [1.165, 1.54) is 37.0 Å². The summed E-state index contributed by atoms with van der Waals surface area (Å²) in [4.78, 5) is 0. The van der Waals surface area contributed by atoms with Gasteiger partial charge in [0, 0.05) is 0 Å². The fourth-order valence-corrected chi connectivity index (χ4v) is 4.02. The average Bonchev–Trinajstić information content (AvgIpc) is 2.48. The molecule has 0 aromatic carbocycles. The fourth-order valence-electron chi connectivity index (χ4n) is 1.34. The van der Waals surface area contributed by atoms with E-state index in [1.807, 2.05) is 0 Å². The molecule has 0 fully saturated rings. The zero-order valence-corrected chi connectivity index (χ0v) is 18.4. The first-order chi connectivity index (χ1) is 8.69. The normalized spacial score (nSPS) is 8.72. The molecule has 0 aromatic rings. The molecule has 0 bridgehead atoms. The molecule has 118 valence electrons. The Kier molecular flexibility index (Phi) is 48.8. The molecule has 0 aromatic heterocycles. The number of rotatable bonds is 6. The van der Waals surface area contributed by atoms with Crippen LogP contribution in [0.15, 0.2) is 0 Å². The van der Waals surface area contributed by atoms with Gasteiger partial charge in [-0.05, 0) is 37.0 Å². The maximum absolute atomic E-state index is 4.61. The summed E-state index contributed by atoms with van der Waals surface area (Å²) in [5.74, 6) is 0. The van der Waals surface area contributed by atoms with E-state index in [0.29, 0.717) is 15.8 Å². The Bertz CT molecular complexity index is 74.8. The third kappa shape index (κ3) is 26.4. The molecule has 0 atom stereocenters. The quantitative estimate of drug-likeness (QED) is 0.288. The molecule has 4 heteroatoms. The van der Waals surface area contributed by atoms with Crippen molar-refractivity contribution >= 4 is 25.3 Å². The Labute approximate surface area is 136 Å². The molecule has 0 N–H and O–H groups in total. The SMILES string of the molecule is CCP(CC)CC.CCP(CC)CC.[CH2-]C.[Cl][Pt+]. The van der Waals surface area contributed by atoms with Gasteiger partial charge in [0.1, 0.15) is 0 Å². The minimum atomic E-state index is 0.446. The summed E-state index contributed by atoms with van der Waals surface area (Å²) in [5.41, 5.74) is 0. The Hall–Kier alpha value is 1.84. The summed E-state index contributed by atoms with van der Waals surface area (Å²) in [5, 5.41) is 0. The average molecular weight is 496 g/mol.